The van der Waals surface area contributed by atoms with Crippen LogP contribution in [0.15, 0.2) is 47.3 Å². The van der Waals surface area contributed by atoms with Crippen LogP contribution in [0.4, 0.5) is 5.69 Å². The summed E-state index contributed by atoms with van der Waals surface area (Å²) >= 11 is 6.41. The van der Waals surface area contributed by atoms with Crippen LogP contribution in [0, 0.1) is 0 Å². The monoisotopic (exact) mass is 409 g/mol. The zero-order valence-corrected chi connectivity index (χ0v) is 16.4. The molecule has 1 fully saturated rings. The van der Waals surface area contributed by atoms with Gasteiger partial charge in [-0.2, -0.15) is 0 Å². The zero-order chi connectivity index (χ0) is 20.4. The number of carbonyl (C=O) groups is 1. The highest BCUT2D eigenvalue weighted by Crippen LogP contribution is 2.24. The Morgan fingerprint density at radius 3 is 2.52 bits per heavy atom. The number of nitrogens with zero attached hydrogens (tertiary/aromatic N) is 2. The molecule has 3 aromatic rings. The second-order valence-corrected chi connectivity index (χ2v) is 7.49. The summed E-state index contributed by atoms with van der Waals surface area (Å²) < 4.78 is 0. The Hall–Kier alpha value is -3.12. The molecule has 0 atom stereocenters. The van der Waals surface area contributed by atoms with Crippen molar-refractivity contribution in [2.24, 2.45) is 0 Å². The Kier molecular flexibility index (Phi) is 5.36. The molecule has 1 aliphatic heterocycles. The number of carboxylic acid groups (broad SMARTS) is 1. The molecule has 0 aliphatic carbocycles. The van der Waals surface area contributed by atoms with Crippen LogP contribution >= 0.6 is 11.6 Å². The number of anilines is 1. The molecule has 7 heteroatoms. The molecule has 6 nitrogen and oxygen atoms in total. The van der Waals surface area contributed by atoms with Crippen LogP contribution in [-0.4, -0.2) is 34.1 Å². The summed E-state index contributed by atoms with van der Waals surface area (Å²) in [5.74, 6) is -0.877. The summed E-state index contributed by atoms with van der Waals surface area (Å²) in [6.45, 7) is 2.16. The van der Waals surface area contributed by atoms with Crippen LogP contribution in [-0.2, 0) is 0 Å². The van der Waals surface area contributed by atoms with Gasteiger partial charge in [0.15, 0.2) is 5.82 Å². The quantitative estimate of drug-likeness (QED) is 0.669. The number of rotatable bonds is 4. The first kappa shape index (κ1) is 19.2. The summed E-state index contributed by atoms with van der Waals surface area (Å²) in [6.07, 6.45) is 5.46. The third-order valence-electron chi connectivity index (χ3n) is 5.09. The van der Waals surface area contributed by atoms with Gasteiger partial charge in [0.1, 0.15) is 0 Å². The number of carboxylic acids is 1. The van der Waals surface area contributed by atoms with E-state index < -0.39 is 5.97 Å². The van der Waals surface area contributed by atoms with Gasteiger partial charge < -0.3 is 15.0 Å². The lowest BCUT2D eigenvalue weighted by Crippen LogP contribution is -2.29. The second-order valence-electron chi connectivity index (χ2n) is 7.08. The van der Waals surface area contributed by atoms with Crippen LogP contribution in [0.5, 0.6) is 0 Å². The molecular formula is C22H20ClN3O3. The maximum atomic E-state index is 12.3. The van der Waals surface area contributed by atoms with E-state index in [1.807, 2.05) is 12.1 Å². The predicted octanol–water partition coefficient (Wildman–Crippen LogP) is 4.35. The van der Waals surface area contributed by atoms with E-state index in [2.05, 4.69) is 27.0 Å². The van der Waals surface area contributed by atoms with Gasteiger partial charge in [0, 0.05) is 18.8 Å². The molecule has 0 bridgehead atoms. The summed E-state index contributed by atoms with van der Waals surface area (Å²) in [6, 6.07) is 12.3. The third kappa shape index (κ3) is 4.17. The van der Waals surface area contributed by atoms with Gasteiger partial charge in [-0.25, -0.2) is 9.78 Å². The number of benzene rings is 2. The number of nitrogens with one attached hydrogen (secondary N) is 1. The zero-order valence-electron chi connectivity index (χ0n) is 15.7. The van der Waals surface area contributed by atoms with E-state index in [0.29, 0.717) is 5.39 Å². The Morgan fingerprint density at radius 1 is 1.10 bits per heavy atom. The normalized spacial score (nSPS) is 14.9. The van der Waals surface area contributed by atoms with Crippen LogP contribution in [0.1, 0.15) is 41.0 Å². The first-order chi connectivity index (χ1) is 14.0. The van der Waals surface area contributed by atoms with E-state index in [4.69, 9.17) is 16.7 Å². The van der Waals surface area contributed by atoms with Crippen LogP contribution < -0.4 is 10.5 Å². The highest BCUT2D eigenvalue weighted by Gasteiger charge is 2.12. The van der Waals surface area contributed by atoms with Gasteiger partial charge in [0.05, 0.1) is 21.5 Å². The number of aromatic carboxylic acids is 1. The lowest BCUT2D eigenvalue weighted by Gasteiger charge is -2.28. The first-order valence-electron chi connectivity index (χ1n) is 9.51. The largest absolute Gasteiger partial charge is 0.478 e. The number of fused-ring (bicyclic) bond motifs is 1. The summed E-state index contributed by atoms with van der Waals surface area (Å²) in [5.41, 5.74) is 2.06. The molecule has 1 saturated heterocycles. The van der Waals surface area contributed by atoms with Gasteiger partial charge >= 0.3 is 5.97 Å². The molecule has 0 saturated carbocycles. The molecule has 29 heavy (non-hydrogen) atoms. The van der Waals surface area contributed by atoms with Crippen molar-refractivity contribution in [2.45, 2.75) is 19.3 Å². The highest BCUT2D eigenvalue weighted by molar-refractivity contribution is 6.50. The Morgan fingerprint density at radius 2 is 1.83 bits per heavy atom. The van der Waals surface area contributed by atoms with Gasteiger partial charge in [-0.15, -0.1) is 0 Å². The molecule has 0 spiro atoms. The molecule has 1 aliphatic rings. The first-order valence-corrected chi connectivity index (χ1v) is 9.89. The molecular weight excluding hydrogens is 390 g/mol. The fourth-order valence-electron chi connectivity index (χ4n) is 3.53. The van der Waals surface area contributed by atoms with E-state index >= 15 is 0 Å². The number of piperidine rings is 1. The summed E-state index contributed by atoms with van der Waals surface area (Å²) in [5, 5.41) is 9.74. The molecule has 0 amide bonds. The maximum absolute atomic E-state index is 12.3. The van der Waals surface area contributed by atoms with Crippen LogP contribution in [0.2, 0.25) is 0 Å². The van der Waals surface area contributed by atoms with Crippen molar-refractivity contribution in [3.8, 4) is 0 Å². The highest BCUT2D eigenvalue weighted by atomic mass is 35.5. The maximum Gasteiger partial charge on any atom is 0.335 e. The number of hydrogen-bond acceptors (Lipinski definition) is 4. The van der Waals surface area contributed by atoms with Gasteiger partial charge in [-0.3, -0.25) is 4.79 Å². The Balaban J connectivity index is 1.63. The summed E-state index contributed by atoms with van der Waals surface area (Å²) in [7, 11) is 0. The number of H-pyrrole nitrogens is 1. The molecule has 0 unspecified atom stereocenters. The minimum atomic E-state index is -1.08. The minimum absolute atomic E-state index is 0.0648. The van der Waals surface area contributed by atoms with E-state index in [-0.39, 0.29) is 27.5 Å². The van der Waals surface area contributed by atoms with E-state index in [0.717, 1.165) is 18.7 Å². The van der Waals surface area contributed by atoms with Gasteiger partial charge in [-0.1, -0.05) is 23.7 Å². The van der Waals surface area contributed by atoms with E-state index in [1.165, 1.54) is 43.1 Å². The van der Waals surface area contributed by atoms with Crippen LogP contribution in [0.25, 0.3) is 22.0 Å². The predicted molar refractivity (Wildman–Crippen MR) is 116 cm³/mol. The van der Waals surface area contributed by atoms with Gasteiger partial charge in [0.2, 0.25) is 0 Å². The van der Waals surface area contributed by atoms with Crippen molar-refractivity contribution in [2.75, 3.05) is 18.0 Å². The smallest absolute Gasteiger partial charge is 0.335 e. The van der Waals surface area contributed by atoms with E-state index in [9.17, 15) is 9.59 Å². The third-order valence-corrected chi connectivity index (χ3v) is 5.38. The lowest BCUT2D eigenvalue weighted by molar-refractivity contribution is 0.0697. The average Bonchev–Trinajstić information content (AvgIpc) is 2.74. The van der Waals surface area contributed by atoms with Crippen molar-refractivity contribution in [1.29, 1.82) is 0 Å². The second kappa shape index (κ2) is 8.09. The van der Waals surface area contributed by atoms with Crippen molar-refractivity contribution in [3.63, 3.8) is 0 Å². The topological polar surface area (TPSA) is 86.3 Å². The summed E-state index contributed by atoms with van der Waals surface area (Å²) in [4.78, 5) is 32.9. The molecule has 2 N–H and O–H groups in total. The number of aromatic amines is 1. The Labute approximate surface area is 172 Å². The van der Waals surface area contributed by atoms with Crippen molar-refractivity contribution >= 4 is 45.3 Å². The standard InChI is InChI=1S/C22H20ClN3O3/c23-18(12-14-4-7-16(8-5-14)26-10-2-1-3-11-26)20-24-19-13-15(22(28)29)6-9-17(19)21(27)25-20/h4-9,12-13H,1-3,10-11H2,(H,28,29)(H,24,25,27)/b18-12-. The SMILES string of the molecule is O=C(O)c1ccc2c(=O)[nH]c(/C(Cl)=C/c3ccc(N4CCCCC4)cc3)nc2c1. The van der Waals surface area contributed by atoms with Crippen molar-refractivity contribution < 1.29 is 9.90 Å². The molecule has 148 valence electrons. The molecule has 1 aromatic heterocycles. The molecule has 2 aromatic carbocycles. The van der Waals surface area contributed by atoms with Crippen LogP contribution in [0.3, 0.4) is 0 Å². The fourth-order valence-corrected chi connectivity index (χ4v) is 3.75. The Bertz CT molecular complexity index is 1150. The fraction of sp³-hybridized carbons (Fsp3) is 0.227. The van der Waals surface area contributed by atoms with Crippen molar-refractivity contribution in [3.05, 3.63) is 69.8 Å². The average molecular weight is 410 g/mol. The number of halogens is 1. The van der Waals surface area contributed by atoms with Crippen molar-refractivity contribution in [1.82, 2.24) is 9.97 Å². The molecule has 2 heterocycles. The number of aromatic nitrogens is 2. The molecule has 0 radical (unpaired) electrons. The van der Waals surface area contributed by atoms with Gasteiger partial charge in [-0.05, 0) is 61.2 Å². The van der Waals surface area contributed by atoms with E-state index in [1.54, 1.807) is 6.08 Å². The minimum Gasteiger partial charge on any atom is -0.478 e. The molecule has 4 rings (SSSR count). The van der Waals surface area contributed by atoms with Gasteiger partial charge in [0.25, 0.3) is 5.56 Å². The lowest BCUT2D eigenvalue weighted by atomic mass is 10.1. The number of hydrogen-bond donors (Lipinski definition) is 2.